The number of para-hydroxylation sites is 1. The van der Waals surface area contributed by atoms with Crippen LogP contribution in [-0.2, 0) is 13.1 Å². The van der Waals surface area contributed by atoms with Gasteiger partial charge in [-0.15, -0.1) is 0 Å². The van der Waals surface area contributed by atoms with Crippen molar-refractivity contribution in [1.29, 1.82) is 0 Å². The van der Waals surface area contributed by atoms with Crippen molar-refractivity contribution in [3.8, 4) is 17.3 Å². The molecule has 0 bridgehead atoms. The fourth-order valence-electron chi connectivity index (χ4n) is 3.52. The van der Waals surface area contributed by atoms with Gasteiger partial charge in [0.25, 0.3) is 5.56 Å². The Balaban J connectivity index is 1.34. The Morgan fingerprint density at radius 2 is 1.79 bits per heavy atom. The summed E-state index contributed by atoms with van der Waals surface area (Å²) in [5.74, 6) is 1.85. The predicted molar refractivity (Wildman–Crippen MR) is 125 cm³/mol. The Morgan fingerprint density at radius 3 is 2.61 bits per heavy atom. The topological polar surface area (TPSA) is 99.4 Å². The second-order valence-corrected chi connectivity index (χ2v) is 7.30. The maximum absolute atomic E-state index is 12.2. The van der Waals surface area contributed by atoms with Crippen molar-refractivity contribution in [2.75, 3.05) is 20.8 Å². The van der Waals surface area contributed by atoms with Gasteiger partial charge in [-0.2, -0.15) is 5.10 Å². The van der Waals surface area contributed by atoms with Gasteiger partial charge in [-0.1, -0.05) is 24.3 Å². The van der Waals surface area contributed by atoms with E-state index in [-0.39, 0.29) is 24.7 Å². The van der Waals surface area contributed by atoms with E-state index in [4.69, 9.17) is 9.47 Å². The van der Waals surface area contributed by atoms with Crippen molar-refractivity contribution < 1.29 is 14.3 Å². The molecule has 170 valence electrons. The summed E-state index contributed by atoms with van der Waals surface area (Å²) in [5, 5.41) is 11.1. The lowest BCUT2D eigenvalue weighted by atomic mass is 10.2. The van der Waals surface area contributed by atoms with Crippen LogP contribution in [0.1, 0.15) is 5.56 Å². The fourth-order valence-corrected chi connectivity index (χ4v) is 3.52. The van der Waals surface area contributed by atoms with Gasteiger partial charge in [0, 0.05) is 25.4 Å². The average Bonchev–Trinajstić information content (AvgIpc) is 3.28. The standard InChI is InChI=1S/C24H25N5O4/c1-32-20-8-7-17(15-21(20)33-2)16-26-24(31)25-12-14-29-23(30)10-9-22(27-29)28-13-11-18-5-3-4-6-19(18)28/h3-11,13,15H,12,14,16H2,1-2H3,(H2,25,26,31). The van der Waals surface area contributed by atoms with Crippen LogP contribution in [0.5, 0.6) is 11.5 Å². The average molecular weight is 447 g/mol. The van der Waals surface area contributed by atoms with E-state index in [1.54, 1.807) is 32.4 Å². The van der Waals surface area contributed by atoms with Crippen molar-refractivity contribution in [1.82, 2.24) is 25.0 Å². The third kappa shape index (κ3) is 4.98. The van der Waals surface area contributed by atoms with Crippen molar-refractivity contribution >= 4 is 16.9 Å². The monoisotopic (exact) mass is 447 g/mol. The number of amides is 2. The first-order valence-corrected chi connectivity index (χ1v) is 10.5. The summed E-state index contributed by atoms with van der Waals surface area (Å²) >= 11 is 0. The molecule has 0 fully saturated rings. The molecule has 0 aliphatic heterocycles. The van der Waals surface area contributed by atoms with Gasteiger partial charge < -0.3 is 20.1 Å². The molecule has 2 aromatic carbocycles. The summed E-state index contributed by atoms with van der Waals surface area (Å²) in [6.45, 7) is 0.816. The lowest BCUT2D eigenvalue weighted by Gasteiger charge is -2.12. The van der Waals surface area contributed by atoms with Crippen LogP contribution < -0.4 is 25.7 Å². The molecule has 0 aliphatic rings. The number of hydrogen-bond acceptors (Lipinski definition) is 5. The predicted octanol–water partition coefficient (Wildman–Crippen LogP) is 2.70. The molecule has 2 heterocycles. The number of aromatic nitrogens is 3. The molecule has 0 radical (unpaired) electrons. The van der Waals surface area contributed by atoms with Crippen LogP contribution in [0.2, 0.25) is 0 Å². The third-order valence-electron chi connectivity index (χ3n) is 5.21. The smallest absolute Gasteiger partial charge is 0.315 e. The number of urea groups is 1. The van der Waals surface area contributed by atoms with Gasteiger partial charge in [0.05, 0.1) is 26.3 Å². The van der Waals surface area contributed by atoms with Gasteiger partial charge in [-0.3, -0.25) is 9.36 Å². The Labute approximate surface area is 190 Å². The minimum atomic E-state index is -0.342. The Hall–Kier alpha value is -4.27. The first-order valence-electron chi connectivity index (χ1n) is 10.5. The molecule has 4 rings (SSSR count). The molecule has 33 heavy (non-hydrogen) atoms. The fraction of sp³-hybridized carbons (Fsp3) is 0.208. The summed E-state index contributed by atoms with van der Waals surface area (Å²) < 4.78 is 13.8. The van der Waals surface area contributed by atoms with E-state index >= 15 is 0 Å². The summed E-state index contributed by atoms with van der Waals surface area (Å²) in [6, 6.07) is 18.2. The van der Waals surface area contributed by atoms with Gasteiger partial charge in [-0.05, 0) is 41.3 Å². The molecule has 9 nitrogen and oxygen atoms in total. The first kappa shape index (κ1) is 21.9. The number of carbonyl (C=O) groups excluding carboxylic acids is 1. The summed E-state index contributed by atoms with van der Waals surface area (Å²) in [6.07, 6.45) is 1.92. The molecule has 0 saturated carbocycles. The first-order chi connectivity index (χ1) is 16.1. The molecular formula is C24H25N5O4. The zero-order valence-corrected chi connectivity index (χ0v) is 18.4. The van der Waals surface area contributed by atoms with E-state index in [0.29, 0.717) is 23.9 Å². The Kier molecular flexibility index (Phi) is 6.58. The van der Waals surface area contributed by atoms with Crippen LogP contribution in [0.25, 0.3) is 16.7 Å². The van der Waals surface area contributed by atoms with E-state index in [1.165, 1.54) is 10.7 Å². The van der Waals surface area contributed by atoms with E-state index in [1.807, 2.05) is 47.2 Å². The lowest BCUT2D eigenvalue weighted by Crippen LogP contribution is -2.38. The molecule has 0 unspecified atom stereocenters. The van der Waals surface area contributed by atoms with Crippen LogP contribution in [0.4, 0.5) is 4.79 Å². The van der Waals surface area contributed by atoms with Crippen LogP contribution in [0, 0.1) is 0 Å². The molecule has 2 N–H and O–H groups in total. The number of carbonyl (C=O) groups is 1. The minimum Gasteiger partial charge on any atom is -0.493 e. The summed E-state index contributed by atoms with van der Waals surface area (Å²) in [4.78, 5) is 24.4. The number of methoxy groups -OCH3 is 2. The van der Waals surface area contributed by atoms with Crippen LogP contribution in [0.15, 0.2) is 71.7 Å². The highest BCUT2D eigenvalue weighted by molar-refractivity contribution is 5.81. The molecule has 9 heteroatoms. The molecule has 0 spiro atoms. The quantitative estimate of drug-likeness (QED) is 0.433. The number of fused-ring (bicyclic) bond motifs is 1. The van der Waals surface area contributed by atoms with Crippen LogP contribution >= 0.6 is 0 Å². The van der Waals surface area contributed by atoms with Crippen molar-refractivity contribution in [2.45, 2.75) is 13.1 Å². The van der Waals surface area contributed by atoms with Crippen LogP contribution in [-0.4, -0.2) is 41.1 Å². The van der Waals surface area contributed by atoms with Gasteiger partial charge >= 0.3 is 6.03 Å². The zero-order valence-electron chi connectivity index (χ0n) is 18.4. The SMILES string of the molecule is COc1ccc(CNC(=O)NCCn2nc(-n3ccc4ccccc43)ccc2=O)cc1OC. The second kappa shape index (κ2) is 9.90. The van der Waals surface area contributed by atoms with E-state index < -0.39 is 0 Å². The molecule has 0 aliphatic carbocycles. The Morgan fingerprint density at radius 1 is 0.970 bits per heavy atom. The zero-order chi connectivity index (χ0) is 23.2. The van der Waals surface area contributed by atoms with Gasteiger partial charge in [-0.25, -0.2) is 9.48 Å². The van der Waals surface area contributed by atoms with E-state index in [9.17, 15) is 9.59 Å². The highest BCUT2D eigenvalue weighted by Gasteiger charge is 2.08. The van der Waals surface area contributed by atoms with E-state index in [2.05, 4.69) is 15.7 Å². The van der Waals surface area contributed by atoms with E-state index in [0.717, 1.165) is 16.5 Å². The summed E-state index contributed by atoms with van der Waals surface area (Å²) in [7, 11) is 3.13. The maximum atomic E-state index is 12.2. The molecule has 4 aromatic rings. The number of hydrogen-bond donors (Lipinski definition) is 2. The van der Waals surface area contributed by atoms with Gasteiger partial charge in [0.15, 0.2) is 17.3 Å². The summed E-state index contributed by atoms with van der Waals surface area (Å²) in [5.41, 5.74) is 1.64. The lowest BCUT2D eigenvalue weighted by molar-refractivity contribution is 0.240. The largest absolute Gasteiger partial charge is 0.493 e. The maximum Gasteiger partial charge on any atom is 0.315 e. The minimum absolute atomic E-state index is 0.234. The molecule has 2 aromatic heterocycles. The number of rotatable bonds is 8. The van der Waals surface area contributed by atoms with Crippen molar-refractivity contribution in [3.63, 3.8) is 0 Å². The van der Waals surface area contributed by atoms with Crippen LogP contribution in [0.3, 0.4) is 0 Å². The molecule has 0 saturated heterocycles. The second-order valence-electron chi connectivity index (χ2n) is 7.30. The highest BCUT2D eigenvalue weighted by Crippen LogP contribution is 2.27. The van der Waals surface area contributed by atoms with Gasteiger partial charge in [0.2, 0.25) is 0 Å². The third-order valence-corrected chi connectivity index (χ3v) is 5.21. The molecule has 0 atom stereocenters. The van der Waals surface area contributed by atoms with Crippen molar-refractivity contribution in [2.24, 2.45) is 0 Å². The van der Waals surface area contributed by atoms with Crippen molar-refractivity contribution in [3.05, 3.63) is 82.8 Å². The number of ether oxygens (including phenoxy) is 2. The number of nitrogens with zero attached hydrogens (tertiary/aromatic N) is 3. The highest BCUT2D eigenvalue weighted by atomic mass is 16.5. The number of benzene rings is 2. The van der Waals surface area contributed by atoms with Gasteiger partial charge in [0.1, 0.15) is 0 Å². The molecule has 2 amide bonds. The Bertz CT molecular complexity index is 1330. The molecular weight excluding hydrogens is 422 g/mol. The number of nitrogens with one attached hydrogen (secondary N) is 2. The normalized spacial score (nSPS) is 10.7.